The molecular weight excluding hydrogens is 506 g/mol. The lowest BCUT2D eigenvalue weighted by atomic mass is 10.0. The van der Waals surface area contributed by atoms with Crippen molar-refractivity contribution in [2.45, 2.75) is 51.3 Å². The van der Waals surface area contributed by atoms with Crippen molar-refractivity contribution in [2.75, 3.05) is 37.3 Å². The highest BCUT2D eigenvalue weighted by Gasteiger charge is 2.28. The van der Waals surface area contributed by atoms with Crippen LogP contribution in [-0.4, -0.2) is 57.6 Å². The van der Waals surface area contributed by atoms with E-state index in [0.29, 0.717) is 12.5 Å². The summed E-state index contributed by atoms with van der Waals surface area (Å²) in [6.07, 6.45) is 2.02. The summed E-state index contributed by atoms with van der Waals surface area (Å²) >= 11 is 0. The molecule has 1 atom stereocenters. The van der Waals surface area contributed by atoms with Crippen LogP contribution in [0.3, 0.4) is 0 Å². The van der Waals surface area contributed by atoms with Gasteiger partial charge in [-0.2, -0.15) is 0 Å². The van der Waals surface area contributed by atoms with Crippen molar-refractivity contribution in [3.63, 3.8) is 0 Å². The summed E-state index contributed by atoms with van der Waals surface area (Å²) in [6.45, 7) is 9.09. The molecule has 6 nitrogen and oxygen atoms in total. The van der Waals surface area contributed by atoms with Gasteiger partial charge in [0.05, 0.1) is 10.5 Å². The van der Waals surface area contributed by atoms with E-state index >= 15 is 0 Å². The van der Waals surface area contributed by atoms with Gasteiger partial charge in [0.1, 0.15) is 5.82 Å². The molecule has 0 aliphatic carbocycles. The average Bonchev–Trinajstić information content (AvgIpc) is 2.60. The van der Waals surface area contributed by atoms with Gasteiger partial charge in [0, 0.05) is 38.4 Å². The molecular formula is C20H34FIN4O2S. The van der Waals surface area contributed by atoms with Crippen LogP contribution in [0.4, 0.5) is 10.1 Å². The third-order valence-corrected chi connectivity index (χ3v) is 7.69. The quantitative estimate of drug-likeness (QED) is 0.341. The minimum atomic E-state index is -3.17. The molecule has 2 rings (SSSR count). The third-order valence-electron chi connectivity index (χ3n) is 5.08. The number of aryl methyl sites for hydroxylation is 1. The fraction of sp³-hybridized carbons (Fsp3) is 0.650. The molecule has 0 bridgehead atoms. The number of nitrogens with zero attached hydrogens (tertiary/aromatic N) is 2. The minimum Gasteiger partial charge on any atom is -0.369 e. The fourth-order valence-corrected chi connectivity index (χ4v) is 4.27. The summed E-state index contributed by atoms with van der Waals surface area (Å²) in [5.41, 5.74) is 1.97. The highest BCUT2D eigenvalue weighted by atomic mass is 127. The summed E-state index contributed by atoms with van der Waals surface area (Å²) in [4.78, 5) is 6.48. The van der Waals surface area contributed by atoms with E-state index in [0.717, 1.165) is 37.2 Å². The monoisotopic (exact) mass is 540 g/mol. The van der Waals surface area contributed by atoms with Crippen LogP contribution in [0.1, 0.15) is 39.2 Å². The maximum atomic E-state index is 13.4. The van der Waals surface area contributed by atoms with Crippen molar-refractivity contribution in [2.24, 2.45) is 4.99 Å². The SMILES string of the molecule is CN=C(NCCS(=O)(=O)C(C)(C)C)NC1CCCN(c2ccc(F)cc2C)C1.I. The Bertz CT molecular complexity index is 809. The molecule has 1 fully saturated rings. The van der Waals surface area contributed by atoms with Gasteiger partial charge in [-0.15, -0.1) is 24.0 Å². The van der Waals surface area contributed by atoms with Gasteiger partial charge in [0.2, 0.25) is 0 Å². The van der Waals surface area contributed by atoms with E-state index in [2.05, 4.69) is 20.5 Å². The molecule has 0 radical (unpaired) electrons. The van der Waals surface area contributed by atoms with Gasteiger partial charge in [0.25, 0.3) is 0 Å². The van der Waals surface area contributed by atoms with Crippen molar-refractivity contribution in [3.05, 3.63) is 29.6 Å². The Kier molecular flexibility index (Phi) is 9.65. The van der Waals surface area contributed by atoms with E-state index in [1.807, 2.05) is 13.0 Å². The number of halogens is 2. The van der Waals surface area contributed by atoms with Crippen LogP contribution in [0.2, 0.25) is 0 Å². The number of piperidine rings is 1. The molecule has 1 aliphatic heterocycles. The molecule has 1 heterocycles. The number of sulfone groups is 1. The highest BCUT2D eigenvalue weighted by molar-refractivity contribution is 14.0. The molecule has 166 valence electrons. The number of hydrogen-bond donors (Lipinski definition) is 2. The molecule has 1 aromatic carbocycles. The van der Waals surface area contributed by atoms with Crippen LogP contribution in [-0.2, 0) is 9.84 Å². The van der Waals surface area contributed by atoms with Gasteiger partial charge in [-0.3, -0.25) is 4.99 Å². The first-order valence-corrected chi connectivity index (χ1v) is 11.4. The zero-order chi connectivity index (χ0) is 20.9. The first kappa shape index (κ1) is 25.9. The molecule has 1 saturated heterocycles. The topological polar surface area (TPSA) is 73.8 Å². The van der Waals surface area contributed by atoms with E-state index in [4.69, 9.17) is 0 Å². The Labute approximate surface area is 191 Å². The molecule has 1 aliphatic rings. The molecule has 1 unspecified atom stereocenters. The van der Waals surface area contributed by atoms with Crippen LogP contribution in [0.5, 0.6) is 0 Å². The largest absolute Gasteiger partial charge is 0.369 e. The number of rotatable bonds is 5. The lowest BCUT2D eigenvalue weighted by Crippen LogP contribution is -2.52. The predicted molar refractivity (Wildman–Crippen MR) is 130 cm³/mol. The van der Waals surface area contributed by atoms with Crippen molar-refractivity contribution < 1.29 is 12.8 Å². The average molecular weight is 540 g/mol. The Morgan fingerprint density at radius 2 is 2.03 bits per heavy atom. The number of hydrogen-bond acceptors (Lipinski definition) is 4. The number of benzene rings is 1. The Balaban J connectivity index is 0.00000420. The molecule has 0 amide bonds. The number of anilines is 1. The van der Waals surface area contributed by atoms with E-state index in [1.165, 1.54) is 6.07 Å². The van der Waals surface area contributed by atoms with Gasteiger partial charge in [-0.1, -0.05) is 0 Å². The molecule has 0 saturated carbocycles. The summed E-state index contributed by atoms with van der Waals surface area (Å²) in [5, 5.41) is 6.50. The smallest absolute Gasteiger partial charge is 0.191 e. The summed E-state index contributed by atoms with van der Waals surface area (Å²) < 4.78 is 37.1. The second-order valence-electron chi connectivity index (χ2n) is 8.29. The van der Waals surface area contributed by atoms with Crippen LogP contribution < -0.4 is 15.5 Å². The van der Waals surface area contributed by atoms with Crippen LogP contribution in [0.25, 0.3) is 0 Å². The zero-order valence-corrected chi connectivity index (χ0v) is 21.1. The Morgan fingerprint density at radius 1 is 1.34 bits per heavy atom. The van der Waals surface area contributed by atoms with E-state index in [9.17, 15) is 12.8 Å². The number of aliphatic imine (C=N–C) groups is 1. The lowest BCUT2D eigenvalue weighted by Gasteiger charge is -2.36. The lowest BCUT2D eigenvalue weighted by molar-refractivity contribution is 0.468. The van der Waals surface area contributed by atoms with Gasteiger partial charge in [-0.25, -0.2) is 12.8 Å². The van der Waals surface area contributed by atoms with Gasteiger partial charge in [-0.05, 0) is 64.3 Å². The van der Waals surface area contributed by atoms with Crippen molar-refractivity contribution in [1.29, 1.82) is 0 Å². The molecule has 0 aromatic heterocycles. The molecule has 29 heavy (non-hydrogen) atoms. The van der Waals surface area contributed by atoms with Crippen molar-refractivity contribution >= 4 is 45.5 Å². The first-order chi connectivity index (χ1) is 13.0. The summed E-state index contributed by atoms with van der Waals surface area (Å²) in [6, 6.07) is 5.07. The molecule has 9 heteroatoms. The second kappa shape index (κ2) is 10.8. The van der Waals surface area contributed by atoms with Crippen LogP contribution in [0, 0.1) is 12.7 Å². The standard InChI is InChI=1S/C20H33FN4O2S.HI/c1-15-13-16(21)8-9-18(15)25-11-6-7-17(14-25)24-19(22-5)23-10-12-28(26,27)20(2,3)4;/h8-9,13,17H,6-7,10-12,14H2,1-5H3,(H2,22,23,24);1H. The number of guanidine groups is 1. The van der Waals surface area contributed by atoms with Crippen molar-refractivity contribution in [1.82, 2.24) is 10.6 Å². The molecule has 0 spiro atoms. The molecule has 2 N–H and O–H groups in total. The van der Waals surface area contributed by atoms with Gasteiger partial charge < -0.3 is 15.5 Å². The Morgan fingerprint density at radius 3 is 2.62 bits per heavy atom. The highest BCUT2D eigenvalue weighted by Crippen LogP contribution is 2.24. The third kappa shape index (κ3) is 7.27. The second-order valence-corrected chi connectivity index (χ2v) is 11.2. The van der Waals surface area contributed by atoms with Gasteiger partial charge >= 0.3 is 0 Å². The van der Waals surface area contributed by atoms with Crippen LogP contribution in [0.15, 0.2) is 23.2 Å². The summed E-state index contributed by atoms with van der Waals surface area (Å²) in [7, 11) is -1.49. The molecule has 1 aromatic rings. The number of nitrogens with one attached hydrogen (secondary N) is 2. The maximum absolute atomic E-state index is 13.4. The van der Waals surface area contributed by atoms with Crippen LogP contribution >= 0.6 is 24.0 Å². The van der Waals surface area contributed by atoms with Crippen molar-refractivity contribution in [3.8, 4) is 0 Å². The fourth-order valence-electron chi connectivity index (χ4n) is 3.29. The summed E-state index contributed by atoms with van der Waals surface area (Å²) in [5.74, 6) is 0.442. The van der Waals surface area contributed by atoms with E-state index < -0.39 is 14.6 Å². The Hall–Kier alpha value is -1.10. The van der Waals surface area contributed by atoms with Gasteiger partial charge in [0.15, 0.2) is 15.8 Å². The maximum Gasteiger partial charge on any atom is 0.191 e. The zero-order valence-electron chi connectivity index (χ0n) is 18.0. The first-order valence-electron chi connectivity index (χ1n) is 9.74. The normalized spacial score (nSPS) is 18.2. The minimum absolute atomic E-state index is 0. The van der Waals surface area contributed by atoms with E-state index in [1.54, 1.807) is 33.9 Å². The van der Waals surface area contributed by atoms with E-state index in [-0.39, 0.29) is 41.6 Å². The predicted octanol–water partition coefficient (Wildman–Crippen LogP) is 3.10.